The SMILES string of the molecule is CC(C(=O)NCC(O)CNC(=O)[C@H](C)NC(=O)OC(C)(C)C)c1cccc(C(=O)c2ccccc2)c1. The Kier molecular flexibility index (Phi) is 10.2. The Bertz CT molecular complexity index is 1060. The Morgan fingerprint density at radius 2 is 1.44 bits per heavy atom. The Morgan fingerprint density at radius 3 is 2.06 bits per heavy atom. The maximum Gasteiger partial charge on any atom is 0.408 e. The molecule has 0 fully saturated rings. The lowest BCUT2D eigenvalue weighted by Crippen LogP contribution is -2.49. The Morgan fingerprint density at radius 1 is 0.861 bits per heavy atom. The van der Waals surface area contributed by atoms with Gasteiger partial charge in [0.2, 0.25) is 11.8 Å². The number of ether oxygens (including phenoxy) is 1. The molecular weight excluding hydrogens is 462 g/mol. The van der Waals surface area contributed by atoms with E-state index in [1.165, 1.54) is 6.92 Å². The van der Waals surface area contributed by atoms with E-state index in [9.17, 15) is 24.3 Å². The summed E-state index contributed by atoms with van der Waals surface area (Å²) in [6.07, 6.45) is -1.76. The predicted octanol–water partition coefficient (Wildman–Crippen LogP) is 2.53. The summed E-state index contributed by atoms with van der Waals surface area (Å²) >= 11 is 0. The average Bonchev–Trinajstić information content (AvgIpc) is 2.84. The number of alkyl carbamates (subject to hydrolysis) is 1. The summed E-state index contributed by atoms with van der Waals surface area (Å²) in [6, 6.07) is 14.9. The van der Waals surface area contributed by atoms with Gasteiger partial charge in [-0.05, 0) is 46.2 Å². The zero-order chi connectivity index (χ0) is 26.9. The molecule has 2 unspecified atom stereocenters. The van der Waals surface area contributed by atoms with Crippen LogP contribution in [0.3, 0.4) is 0 Å². The molecule has 9 nitrogen and oxygen atoms in total. The summed E-state index contributed by atoms with van der Waals surface area (Å²) in [6.45, 7) is 8.14. The van der Waals surface area contributed by atoms with Crippen LogP contribution in [0.25, 0.3) is 0 Å². The van der Waals surface area contributed by atoms with Crippen LogP contribution in [-0.4, -0.2) is 59.6 Å². The summed E-state index contributed by atoms with van der Waals surface area (Å²) in [5, 5.41) is 17.8. The third-order valence-corrected chi connectivity index (χ3v) is 5.23. The number of ketones is 1. The van der Waals surface area contributed by atoms with E-state index in [1.54, 1.807) is 76.2 Å². The molecule has 0 aliphatic heterocycles. The van der Waals surface area contributed by atoms with Crippen LogP contribution in [0, 0.1) is 0 Å². The lowest BCUT2D eigenvalue weighted by molar-refractivity contribution is -0.123. The van der Waals surface area contributed by atoms with Gasteiger partial charge < -0.3 is 25.8 Å². The molecule has 2 aromatic carbocycles. The van der Waals surface area contributed by atoms with E-state index in [2.05, 4.69) is 16.0 Å². The van der Waals surface area contributed by atoms with Crippen molar-refractivity contribution in [3.8, 4) is 0 Å². The molecule has 0 bridgehead atoms. The van der Waals surface area contributed by atoms with Crippen LogP contribution >= 0.6 is 0 Å². The number of rotatable bonds is 10. The van der Waals surface area contributed by atoms with Crippen molar-refractivity contribution in [2.24, 2.45) is 0 Å². The average molecular weight is 498 g/mol. The topological polar surface area (TPSA) is 134 Å². The number of nitrogens with one attached hydrogen (secondary N) is 3. The highest BCUT2D eigenvalue weighted by atomic mass is 16.6. The van der Waals surface area contributed by atoms with E-state index >= 15 is 0 Å². The molecule has 0 aliphatic rings. The number of hydrogen-bond acceptors (Lipinski definition) is 6. The van der Waals surface area contributed by atoms with Gasteiger partial charge >= 0.3 is 6.09 Å². The molecule has 0 aromatic heterocycles. The first kappa shape index (κ1) is 28.5. The van der Waals surface area contributed by atoms with Crippen LogP contribution in [0.15, 0.2) is 54.6 Å². The fraction of sp³-hybridized carbons (Fsp3) is 0.407. The van der Waals surface area contributed by atoms with E-state index < -0.39 is 35.7 Å². The largest absolute Gasteiger partial charge is 0.444 e. The number of hydrogen-bond donors (Lipinski definition) is 4. The third-order valence-electron chi connectivity index (χ3n) is 5.23. The van der Waals surface area contributed by atoms with Gasteiger partial charge in [-0.3, -0.25) is 14.4 Å². The van der Waals surface area contributed by atoms with Gasteiger partial charge in [-0.25, -0.2) is 4.79 Å². The monoisotopic (exact) mass is 497 g/mol. The fourth-order valence-electron chi connectivity index (χ4n) is 3.22. The molecule has 0 radical (unpaired) electrons. The van der Waals surface area contributed by atoms with Crippen molar-refractivity contribution in [2.45, 2.75) is 58.3 Å². The van der Waals surface area contributed by atoms with Gasteiger partial charge in [-0.15, -0.1) is 0 Å². The lowest BCUT2D eigenvalue weighted by atomic mass is 9.95. The highest BCUT2D eigenvalue weighted by Crippen LogP contribution is 2.19. The van der Waals surface area contributed by atoms with Crippen LogP contribution < -0.4 is 16.0 Å². The van der Waals surface area contributed by atoms with E-state index in [-0.39, 0.29) is 24.8 Å². The standard InChI is InChI=1S/C27H35N3O6/c1-17(20-12-9-13-21(14-20)23(32)19-10-7-6-8-11-19)24(33)28-15-22(31)16-29-25(34)18(2)30-26(35)36-27(3,4)5/h6-14,17-18,22,31H,15-16H2,1-5H3,(H,28,33)(H,29,34)(H,30,35)/t17?,18-,22?/m0/s1. The summed E-state index contributed by atoms with van der Waals surface area (Å²) in [5.41, 5.74) is 1.02. The van der Waals surface area contributed by atoms with Crippen LogP contribution in [0.2, 0.25) is 0 Å². The molecule has 0 aliphatic carbocycles. The summed E-state index contributed by atoms with van der Waals surface area (Å²) in [7, 11) is 0. The summed E-state index contributed by atoms with van der Waals surface area (Å²) in [5.74, 6) is -1.52. The summed E-state index contributed by atoms with van der Waals surface area (Å²) < 4.78 is 5.11. The molecule has 9 heteroatoms. The Hall–Kier alpha value is -3.72. The molecule has 4 N–H and O–H groups in total. The van der Waals surface area contributed by atoms with Gasteiger partial charge in [-0.1, -0.05) is 48.5 Å². The first-order valence-electron chi connectivity index (χ1n) is 11.8. The van der Waals surface area contributed by atoms with Crippen LogP contribution in [0.1, 0.15) is 62.0 Å². The van der Waals surface area contributed by atoms with Crippen molar-refractivity contribution in [2.75, 3.05) is 13.1 Å². The Labute approximate surface area is 211 Å². The molecule has 0 saturated heterocycles. The highest BCUT2D eigenvalue weighted by Gasteiger charge is 2.22. The van der Waals surface area contributed by atoms with E-state index in [4.69, 9.17) is 4.74 Å². The van der Waals surface area contributed by atoms with Crippen LogP contribution in [0.4, 0.5) is 4.79 Å². The predicted molar refractivity (Wildman–Crippen MR) is 136 cm³/mol. The second kappa shape index (κ2) is 12.8. The minimum absolute atomic E-state index is 0.0834. The van der Waals surface area contributed by atoms with Crippen molar-refractivity contribution in [1.82, 2.24) is 16.0 Å². The smallest absolute Gasteiger partial charge is 0.408 e. The maximum atomic E-state index is 12.7. The molecule has 36 heavy (non-hydrogen) atoms. The van der Waals surface area contributed by atoms with Gasteiger partial charge in [0.25, 0.3) is 0 Å². The molecule has 3 amide bonds. The number of benzene rings is 2. The van der Waals surface area contributed by atoms with E-state index in [0.29, 0.717) is 16.7 Å². The number of carbonyl (C=O) groups excluding carboxylic acids is 4. The molecule has 0 heterocycles. The van der Waals surface area contributed by atoms with Crippen molar-refractivity contribution >= 4 is 23.7 Å². The molecular formula is C27H35N3O6. The maximum absolute atomic E-state index is 12.7. The second-order valence-electron chi connectivity index (χ2n) is 9.55. The zero-order valence-electron chi connectivity index (χ0n) is 21.3. The normalized spacial score (nSPS) is 13.6. The molecule has 194 valence electrons. The van der Waals surface area contributed by atoms with Crippen LogP contribution in [0.5, 0.6) is 0 Å². The molecule has 0 spiro atoms. The van der Waals surface area contributed by atoms with Gasteiger partial charge in [0, 0.05) is 24.2 Å². The van der Waals surface area contributed by atoms with E-state index in [1.807, 2.05) is 6.07 Å². The van der Waals surface area contributed by atoms with Crippen molar-refractivity contribution < 1.29 is 29.0 Å². The molecule has 0 saturated carbocycles. The quantitative estimate of drug-likeness (QED) is 0.373. The number of aliphatic hydroxyl groups excluding tert-OH is 1. The van der Waals surface area contributed by atoms with Gasteiger partial charge in [0.05, 0.1) is 12.0 Å². The first-order valence-corrected chi connectivity index (χ1v) is 11.8. The van der Waals surface area contributed by atoms with Crippen molar-refractivity contribution in [3.63, 3.8) is 0 Å². The molecule has 2 rings (SSSR count). The van der Waals surface area contributed by atoms with Crippen molar-refractivity contribution in [1.29, 1.82) is 0 Å². The minimum atomic E-state index is -1.04. The third kappa shape index (κ3) is 9.14. The van der Waals surface area contributed by atoms with Gasteiger partial charge in [0.1, 0.15) is 11.6 Å². The summed E-state index contributed by atoms with van der Waals surface area (Å²) in [4.78, 5) is 49.3. The van der Waals surface area contributed by atoms with Crippen LogP contribution in [-0.2, 0) is 14.3 Å². The van der Waals surface area contributed by atoms with Gasteiger partial charge in [-0.2, -0.15) is 0 Å². The molecule has 2 aromatic rings. The fourth-order valence-corrected chi connectivity index (χ4v) is 3.22. The minimum Gasteiger partial charge on any atom is -0.444 e. The molecule has 3 atom stereocenters. The van der Waals surface area contributed by atoms with Crippen molar-refractivity contribution in [3.05, 3.63) is 71.3 Å². The number of carbonyl (C=O) groups is 4. The number of amides is 3. The second-order valence-corrected chi connectivity index (χ2v) is 9.55. The first-order chi connectivity index (χ1) is 16.9. The highest BCUT2D eigenvalue weighted by molar-refractivity contribution is 6.09. The lowest BCUT2D eigenvalue weighted by Gasteiger charge is -2.22. The number of aliphatic hydroxyl groups is 1. The Balaban J connectivity index is 1.82. The van der Waals surface area contributed by atoms with Gasteiger partial charge in [0.15, 0.2) is 5.78 Å². The zero-order valence-corrected chi connectivity index (χ0v) is 21.3. The van der Waals surface area contributed by atoms with E-state index in [0.717, 1.165) is 0 Å².